The van der Waals surface area contributed by atoms with Gasteiger partial charge in [0.25, 0.3) is 0 Å². The predicted molar refractivity (Wildman–Crippen MR) is 77.2 cm³/mol. The number of piperazine rings is 1. The summed E-state index contributed by atoms with van der Waals surface area (Å²) in [5, 5.41) is 9.91. The van der Waals surface area contributed by atoms with Gasteiger partial charge in [-0.3, -0.25) is 0 Å². The fraction of sp³-hybridized carbons (Fsp3) is 0.545. The molecule has 20 heavy (non-hydrogen) atoms. The van der Waals surface area contributed by atoms with Crippen molar-refractivity contribution in [3.63, 3.8) is 0 Å². The van der Waals surface area contributed by atoms with Gasteiger partial charge in [-0.2, -0.15) is 9.57 Å². The minimum Gasteiger partial charge on any atom is -0.353 e. The van der Waals surface area contributed by atoms with E-state index in [1.165, 1.54) is 28.7 Å². The number of hydrogen-bond acceptors (Lipinski definition) is 7. The number of nitriles is 1. The molecule has 108 valence electrons. The van der Waals surface area contributed by atoms with Gasteiger partial charge in [0.1, 0.15) is 23.0 Å². The zero-order valence-electron chi connectivity index (χ0n) is 11.3. The van der Waals surface area contributed by atoms with Crippen molar-refractivity contribution >= 4 is 27.6 Å². The van der Waals surface area contributed by atoms with Crippen LogP contribution in [0.4, 0.5) is 5.82 Å². The Morgan fingerprint density at radius 3 is 2.45 bits per heavy atom. The monoisotopic (exact) mass is 313 g/mol. The van der Waals surface area contributed by atoms with Crippen molar-refractivity contribution in [3.8, 4) is 6.07 Å². The molecule has 2 heterocycles. The number of rotatable bonds is 3. The van der Waals surface area contributed by atoms with Crippen LogP contribution in [0.3, 0.4) is 0 Å². The van der Waals surface area contributed by atoms with Crippen molar-refractivity contribution in [2.75, 3.05) is 43.6 Å². The van der Waals surface area contributed by atoms with Crippen molar-refractivity contribution in [1.82, 2.24) is 14.3 Å². The van der Waals surface area contributed by atoms with E-state index in [4.69, 9.17) is 0 Å². The van der Waals surface area contributed by atoms with Crippen molar-refractivity contribution in [2.24, 2.45) is 0 Å². The fourth-order valence-corrected chi connectivity index (χ4v) is 3.40. The Hall–Kier alpha value is -1.37. The van der Waals surface area contributed by atoms with Crippen LogP contribution >= 0.6 is 11.8 Å². The molecule has 0 unspecified atom stereocenters. The lowest BCUT2D eigenvalue weighted by Crippen LogP contribution is -2.48. The second-order valence-corrected chi connectivity index (χ2v) is 7.12. The molecule has 1 aliphatic rings. The molecule has 0 radical (unpaired) electrons. The van der Waals surface area contributed by atoms with Crippen LogP contribution in [0.25, 0.3) is 0 Å². The van der Waals surface area contributed by atoms with Crippen LogP contribution < -0.4 is 4.90 Å². The summed E-state index contributed by atoms with van der Waals surface area (Å²) in [7, 11) is -3.16. The number of nitrogens with zero attached hydrogens (tertiary/aromatic N) is 5. The summed E-state index contributed by atoms with van der Waals surface area (Å²) in [6.07, 6.45) is 4.50. The summed E-state index contributed by atoms with van der Waals surface area (Å²) in [6, 6.07) is 2.13. The van der Waals surface area contributed by atoms with Gasteiger partial charge in [-0.15, -0.1) is 11.8 Å². The first-order valence-corrected chi connectivity index (χ1v) is 9.04. The van der Waals surface area contributed by atoms with Gasteiger partial charge in [0.2, 0.25) is 10.0 Å². The summed E-state index contributed by atoms with van der Waals surface area (Å²) >= 11 is 1.40. The number of thioether (sulfide) groups is 1. The summed E-state index contributed by atoms with van der Waals surface area (Å²) in [5.74, 6) is 0.583. The van der Waals surface area contributed by atoms with Crippen molar-refractivity contribution in [1.29, 1.82) is 5.26 Å². The van der Waals surface area contributed by atoms with E-state index in [-0.39, 0.29) is 0 Å². The Morgan fingerprint density at radius 2 is 1.95 bits per heavy atom. The topological polar surface area (TPSA) is 90.2 Å². The average molecular weight is 313 g/mol. The van der Waals surface area contributed by atoms with E-state index in [1.807, 2.05) is 11.2 Å². The Balaban J connectivity index is 2.22. The highest BCUT2D eigenvalue weighted by Crippen LogP contribution is 2.25. The summed E-state index contributed by atoms with van der Waals surface area (Å²) < 4.78 is 24.4. The van der Waals surface area contributed by atoms with Crippen LogP contribution in [0.2, 0.25) is 0 Å². The van der Waals surface area contributed by atoms with Crippen LogP contribution in [0.1, 0.15) is 5.56 Å². The first kappa shape index (κ1) is 15.0. The molecule has 1 fully saturated rings. The summed E-state index contributed by atoms with van der Waals surface area (Å²) in [4.78, 5) is 10.2. The first-order valence-electron chi connectivity index (χ1n) is 5.96. The minimum atomic E-state index is -3.16. The molecule has 7 nitrogen and oxygen atoms in total. The normalized spacial score (nSPS) is 16.9. The predicted octanol–water partition coefficient (Wildman–Crippen LogP) is 0.152. The molecule has 9 heteroatoms. The van der Waals surface area contributed by atoms with Crippen LogP contribution in [0, 0.1) is 11.3 Å². The Labute approximate surface area is 122 Å². The second-order valence-electron chi connectivity index (χ2n) is 4.34. The molecule has 0 spiro atoms. The molecule has 1 aromatic heterocycles. The van der Waals surface area contributed by atoms with E-state index in [1.54, 1.807) is 0 Å². The number of sulfonamides is 1. The van der Waals surface area contributed by atoms with Crippen LogP contribution in [0.15, 0.2) is 11.4 Å². The molecule has 1 aliphatic heterocycles. The Morgan fingerprint density at radius 1 is 1.30 bits per heavy atom. The van der Waals surface area contributed by atoms with E-state index < -0.39 is 10.0 Å². The lowest BCUT2D eigenvalue weighted by atomic mass is 10.3. The highest BCUT2D eigenvalue weighted by Gasteiger charge is 2.26. The van der Waals surface area contributed by atoms with E-state index >= 15 is 0 Å². The van der Waals surface area contributed by atoms with Gasteiger partial charge < -0.3 is 4.90 Å². The lowest BCUT2D eigenvalue weighted by Gasteiger charge is -2.34. The van der Waals surface area contributed by atoms with Crippen LogP contribution in [-0.4, -0.2) is 61.4 Å². The van der Waals surface area contributed by atoms with Gasteiger partial charge in [0.15, 0.2) is 5.82 Å². The standard InChI is InChI=1S/C11H15N5O2S2/c1-19-11-9(7-12)10(13-8-14-11)15-3-5-16(6-4-15)20(2,17)18/h8H,3-6H2,1-2H3. The average Bonchev–Trinajstić information content (AvgIpc) is 2.45. The van der Waals surface area contributed by atoms with Gasteiger partial charge in [-0.25, -0.2) is 18.4 Å². The summed E-state index contributed by atoms with van der Waals surface area (Å²) in [6.45, 7) is 1.85. The Kier molecular flexibility index (Phi) is 4.47. The molecule has 0 bridgehead atoms. The third kappa shape index (κ3) is 3.03. The van der Waals surface area contributed by atoms with E-state index in [9.17, 15) is 13.7 Å². The highest BCUT2D eigenvalue weighted by molar-refractivity contribution is 7.98. The zero-order valence-corrected chi connectivity index (χ0v) is 12.9. The van der Waals surface area contributed by atoms with Gasteiger partial charge in [-0.05, 0) is 6.26 Å². The third-order valence-corrected chi connectivity index (χ3v) is 5.10. The number of hydrogen-bond donors (Lipinski definition) is 0. The number of aromatic nitrogens is 2. The SMILES string of the molecule is CSc1ncnc(N2CCN(S(C)(=O)=O)CC2)c1C#N. The fourth-order valence-electron chi connectivity index (χ4n) is 2.08. The lowest BCUT2D eigenvalue weighted by molar-refractivity contribution is 0.386. The van der Waals surface area contributed by atoms with Crippen molar-refractivity contribution in [2.45, 2.75) is 5.03 Å². The van der Waals surface area contributed by atoms with Gasteiger partial charge in [-0.1, -0.05) is 0 Å². The highest BCUT2D eigenvalue weighted by atomic mass is 32.2. The van der Waals surface area contributed by atoms with E-state index in [2.05, 4.69) is 16.0 Å². The van der Waals surface area contributed by atoms with E-state index in [0.717, 1.165) is 0 Å². The maximum Gasteiger partial charge on any atom is 0.211 e. The summed E-state index contributed by atoms with van der Waals surface area (Å²) in [5.41, 5.74) is 0.452. The zero-order chi connectivity index (χ0) is 14.8. The van der Waals surface area contributed by atoms with Gasteiger partial charge in [0, 0.05) is 26.2 Å². The first-order chi connectivity index (χ1) is 9.47. The van der Waals surface area contributed by atoms with Crippen LogP contribution in [0.5, 0.6) is 0 Å². The smallest absolute Gasteiger partial charge is 0.211 e. The Bertz CT molecular complexity index is 633. The third-order valence-electron chi connectivity index (χ3n) is 3.10. The largest absolute Gasteiger partial charge is 0.353 e. The molecular weight excluding hydrogens is 298 g/mol. The molecule has 0 saturated carbocycles. The molecule has 1 saturated heterocycles. The number of anilines is 1. The van der Waals surface area contributed by atoms with Crippen molar-refractivity contribution < 1.29 is 8.42 Å². The molecule has 0 N–H and O–H groups in total. The maximum absolute atomic E-state index is 11.5. The second kappa shape index (κ2) is 5.95. The van der Waals surface area contributed by atoms with Crippen LogP contribution in [-0.2, 0) is 10.0 Å². The molecule has 1 aromatic rings. The molecule has 0 aliphatic carbocycles. The molecule has 0 atom stereocenters. The molecular formula is C11H15N5O2S2. The maximum atomic E-state index is 11.5. The quantitative estimate of drug-likeness (QED) is 0.579. The minimum absolute atomic E-state index is 0.405. The van der Waals surface area contributed by atoms with Gasteiger partial charge >= 0.3 is 0 Å². The molecule has 2 rings (SSSR count). The molecule has 0 amide bonds. The molecule has 0 aromatic carbocycles. The van der Waals surface area contributed by atoms with Crippen molar-refractivity contribution in [3.05, 3.63) is 11.9 Å². The van der Waals surface area contributed by atoms with Gasteiger partial charge in [0.05, 0.1) is 6.26 Å². The van der Waals surface area contributed by atoms with E-state index in [0.29, 0.717) is 42.6 Å².